The van der Waals surface area contributed by atoms with Crippen molar-refractivity contribution < 1.29 is 9.84 Å². The van der Waals surface area contributed by atoms with Crippen LogP contribution < -0.4 is 5.56 Å². The zero-order valence-electron chi connectivity index (χ0n) is 13.2. The molecule has 0 spiro atoms. The average Bonchev–Trinajstić information content (AvgIpc) is 2.56. The fourth-order valence-electron chi connectivity index (χ4n) is 2.50. The number of rotatable bonds is 7. The molecule has 1 aromatic heterocycles. The van der Waals surface area contributed by atoms with Gasteiger partial charge in [-0.05, 0) is 36.1 Å². The van der Waals surface area contributed by atoms with Crippen LogP contribution in [0.25, 0.3) is 11.3 Å². The Morgan fingerprint density at radius 2 is 1.86 bits per heavy atom. The number of nitrogens with zero attached hydrogens (tertiary/aromatic N) is 1. The van der Waals surface area contributed by atoms with Gasteiger partial charge in [0.05, 0.1) is 12.3 Å². The van der Waals surface area contributed by atoms with Crippen LogP contribution in [0.1, 0.15) is 24.5 Å². The van der Waals surface area contributed by atoms with Crippen molar-refractivity contribution in [1.29, 1.82) is 0 Å². The van der Waals surface area contributed by atoms with Gasteiger partial charge < -0.3 is 14.4 Å². The molecule has 0 aliphatic heterocycles. The van der Waals surface area contributed by atoms with Crippen LogP contribution in [-0.4, -0.2) is 23.4 Å². The number of hydrogen-bond donors (Lipinski definition) is 1. The average molecular weight is 301 g/mol. The molecule has 0 unspecified atom stereocenters. The Morgan fingerprint density at radius 1 is 1.14 bits per heavy atom. The summed E-state index contributed by atoms with van der Waals surface area (Å²) in [6.07, 6.45) is 1.75. The third kappa shape index (κ3) is 3.64. The summed E-state index contributed by atoms with van der Waals surface area (Å²) in [6, 6.07) is 11.9. The number of aromatic nitrogens is 1. The van der Waals surface area contributed by atoms with Crippen LogP contribution >= 0.6 is 0 Å². The summed E-state index contributed by atoms with van der Waals surface area (Å²) < 4.78 is 6.80. The van der Waals surface area contributed by atoms with Gasteiger partial charge in [-0.3, -0.25) is 4.79 Å². The van der Waals surface area contributed by atoms with Crippen LogP contribution in [0.2, 0.25) is 0 Å². The first-order valence-corrected chi connectivity index (χ1v) is 7.63. The van der Waals surface area contributed by atoms with Crippen LogP contribution in [0.3, 0.4) is 0 Å². The van der Waals surface area contributed by atoms with Crippen LogP contribution in [0.15, 0.2) is 41.2 Å². The fraction of sp³-hybridized carbons (Fsp3) is 0.389. The third-order valence-electron chi connectivity index (χ3n) is 3.81. The van der Waals surface area contributed by atoms with Gasteiger partial charge in [0, 0.05) is 25.8 Å². The molecule has 4 nitrogen and oxygen atoms in total. The molecule has 1 heterocycles. The van der Waals surface area contributed by atoms with Gasteiger partial charge in [0.2, 0.25) is 0 Å². The highest BCUT2D eigenvalue weighted by Gasteiger charge is 2.10. The van der Waals surface area contributed by atoms with Gasteiger partial charge in [-0.15, -0.1) is 0 Å². The quantitative estimate of drug-likeness (QED) is 0.800. The number of hydrogen-bond acceptors (Lipinski definition) is 3. The van der Waals surface area contributed by atoms with Crippen molar-refractivity contribution in [2.24, 2.45) is 0 Å². The normalized spacial score (nSPS) is 10.9. The van der Waals surface area contributed by atoms with Crippen LogP contribution in [0.5, 0.6) is 0 Å². The lowest BCUT2D eigenvalue weighted by molar-refractivity contribution is 0.190. The van der Waals surface area contributed by atoms with Crippen molar-refractivity contribution in [3.05, 3.63) is 57.9 Å². The number of aliphatic hydroxyl groups excluding tert-OH is 1. The summed E-state index contributed by atoms with van der Waals surface area (Å²) in [4.78, 5) is 12.5. The Bertz CT molecular complexity index is 659. The van der Waals surface area contributed by atoms with Crippen LogP contribution in [0.4, 0.5) is 0 Å². The van der Waals surface area contributed by atoms with Crippen molar-refractivity contribution in [3.8, 4) is 11.3 Å². The highest BCUT2D eigenvalue weighted by molar-refractivity contribution is 5.60. The van der Waals surface area contributed by atoms with E-state index in [1.165, 1.54) is 5.56 Å². The maximum atomic E-state index is 12.5. The van der Waals surface area contributed by atoms with E-state index in [4.69, 9.17) is 4.74 Å². The Hall–Kier alpha value is -1.91. The highest BCUT2D eigenvalue weighted by atomic mass is 16.5. The van der Waals surface area contributed by atoms with Crippen molar-refractivity contribution in [2.45, 2.75) is 32.9 Å². The Kier molecular flexibility index (Phi) is 5.92. The lowest BCUT2D eigenvalue weighted by Crippen LogP contribution is -2.25. The molecule has 0 radical (unpaired) electrons. The number of aryl methyl sites for hydroxylation is 1. The summed E-state index contributed by atoms with van der Waals surface area (Å²) in [6.45, 7) is 3.05. The van der Waals surface area contributed by atoms with E-state index in [2.05, 4.69) is 19.1 Å². The van der Waals surface area contributed by atoms with Gasteiger partial charge in [0.15, 0.2) is 0 Å². The standard InChI is InChI=1S/C18H23NO3/c1-3-14-5-7-15(8-6-14)17-10-9-16(13-20)18(21)19(17)11-4-12-22-2/h5-10,20H,3-4,11-13H2,1-2H3. The predicted octanol–water partition coefficient (Wildman–Crippen LogP) is 2.61. The Balaban J connectivity index is 2.43. The number of aliphatic hydroxyl groups is 1. The van der Waals surface area contributed by atoms with Crippen molar-refractivity contribution in [1.82, 2.24) is 4.57 Å². The van der Waals surface area contributed by atoms with Gasteiger partial charge in [0.1, 0.15) is 0 Å². The van der Waals surface area contributed by atoms with E-state index in [0.29, 0.717) is 18.7 Å². The topological polar surface area (TPSA) is 51.5 Å². The minimum atomic E-state index is -0.238. The zero-order chi connectivity index (χ0) is 15.9. The SMILES string of the molecule is CCc1ccc(-c2ccc(CO)c(=O)n2CCCOC)cc1. The van der Waals surface area contributed by atoms with E-state index in [0.717, 1.165) is 24.1 Å². The first kappa shape index (κ1) is 16.5. The molecule has 0 saturated heterocycles. The first-order chi connectivity index (χ1) is 10.7. The lowest BCUT2D eigenvalue weighted by Gasteiger charge is -2.14. The monoisotopic (exact) mass is 301 g/mol. The largest absolute Gasteiger partial charge is 0.391 e. The summed E-state index contributed by atoms with van der Waals surface area (Å²) in [5, 5.41) is 9.31. The van der Waals surface area contributed by atoms with E-state index in [1.807, 2.05) is 18.2 Å². The molecule has 0 atom stereocenters. The van der Waals surface area contributed by atoms with E-state index < -0.39 is 0 Å². The summed E-state index contributed by atoms with van der Waals surface area (Å²) in [7, 11) is 1.65. The molecule has 0 bridgehead atoms. The highest BCUT2D eigenvalue weighted by Crippen LogP contribution is 2.20. The van der Waals surface area contributed by atoms with E-state index in [-0.39, 0.29) is 12.2 Å². The molecule has 0 aliphatic carbocycles. The molecule has 0 amide bonds. The molecule has 1 N–H and O–H groups in total. The second kappa shape index (κ2) is 7.92. The second-order valence-electron chi connectivity index (χ2n) is 5.26. The minimum Gasteiger partial charge on any atom is -0.391 e. The Labute approximate surface area is 131 Å². The second-order valence-corrected chi connectivity index (χ2v) is 5.26. The van der Waals surface area contributed by atoms with E-state index >= 15 is 0 Å². The smallest absolute Gasteiger partial charge is 0.256 e. The van der Waals surface area contributed by atoms with Crippen LogP contribution in [0, 0.1) is 0 Å². The van der Waals surface area contributed by atoms with Gasteiger partial charge in [-0.1, -0.05) is 31.2 Å². The fourth-order valence-corrected chi connectivity index (χ4v) is 2.50. The first-order valence-electron chi connectivity index (χ1n) is 7.63. The molecule has 118 valence electrons. The molecule has 1 aromatic carbocycles. The van der Waals surface area contributed by atoms with Gasteiger partial charge in [-0.25, -0.2) is 0 Å². The zero-order valence-corrected chi connectivity index (χ0v) is 13.2. The molecular weight excluding hydrogens is 278 g/mol. The molecule has 22 heavy (non-hydrogen) atoms. The molecule has 0 saturated carbocycles. The number of ether oxygens (including phenoxy) is 1. The van der Waals surface area contributed by atoms with Gasteiger partial charge >= 0.3 is 0 Å². The maximum absolute atomic E-state index is 12.5. The van der Waals surface area contributed by atoms with Crippen molar-refractivity contribution >= 4 is 0 Å². The van der Waals surface area contributed by atoms with Gasteiger partial charge in [-0.2, -0.15) is 0 Å². The summed E-state index contributed by atoms with van der Waals surface area (Å²) in [5.74, 6) is 0. The molecule has 0 aliphatic rings. The van der Waals surface area contributed by atoms with Gasteiger partial charge in [0.25, 0.3) is 5.56 Å². The summed E-state index contributed by atoms with van der Waals surface area (Å²) >= 11 is 0. The molecular formula is C18H23NO3. The molecule has 4 heteroatoms. The van der Waals surface area contributed by atoms with Crippen LogP contribution in [-0.2, 0) is 24.3 Å². The minimum absolute atomic E-state index is 0.129. The number of pyridine rings is 1. The lowest BCUT2D eigenvalue weighted by atomic mass is 10.1. The van der Waals surface area contributed by atoms with E-state index in [1.54, 1.807) is 17.7 Å². The number of benzene rings is 1. The number of methoxy groups -OCH3 is 1. The third-order valence-corrected chi connectivity index (χ3v) is 3.81. The molecule has 2 aromatic rings. The Morgan fingerprint density at radius 3 is 2.45 bits per heavy atom. The molecule has 0 fully saturated rings. The predicted molar refractivity (Wildman–Crippen MR) is 87.9 cm³/mol. The molecule has 2 rings (SSSR count). The van der Waals surface area contributed by atoms with Crippen molar-refractivity contribution in [2.75, 3.05) is 13.7 Å². The van der Waals surface area contributed by atoms with Crippen molar-refractivity contribution in [3.63, 3.8) is 0 Å². The summed E-state index contributed by atoms with van der Waals surface area (Å²) in [5.41, 5.74) is 3.45. The van der Waals surface area contributed by atoms with E-state index in [9.17, 15) is 9.90 Å². The maximum Gasteiger partial charge on any atom is 0.256 e.